The van der Waals surface area contributed by atoms with Gasteiger partial charge < -0.3 is 23.4 Å². The zero-order chi connectivity index (χ0) is 20.8. The van der Waals surface area contributed by atoms with E-state index in [0.29, 0.717) is 50.8 Å². The van der Waals surface area contributed by atoms with Gasteiger partial charge in [0.1, 0.15) is 24.7 Å². The Morgan fingerprint density at radius 2 is 1.97 bits per heavy atom. The Labute approximate surface area is 169 Å². The minimum absolute atomic E-state index is 0.230. The third-order valence-corrected chi connectivity index (χ3v) is 4.90. The third kappa shape index (κ3) is 5.14. The van der Waals surface area contributed by atoms with Crippen molar-refractivity contribution in [2.75, 3.05) is 47.3 Å². The second-order valence-corrected chi connectivity index (χ2v) is 7.00. The Kier molecular flexibility index (Phi) is 7.24. The number of hydrogen-bond donors (Lipinski definition) is 0. The van der Waals surface area contributed by atoms with Crippen LogP contribution < -0.4 is 10.4 Å². The summed E-state index contributed by atoms with van der Waals surface area (Å²) in [5.74, 6) is 0.398. The first-order chi connectivity index (χ1) is 14.0. The number of fused-ring (bicyclic) bond motifs is 3. The molecule has 0 saturated heterocycles. The van der Waals surface area contributed by atoms with Crippen LogP contribution in [0.15, 0.2) is 21.3 Å². The van der Waals surface area contributed by atoms with Crippen LogP contribution in [-0.2, 0) is 32.0 Å². The van der Waals surface area contributed by atoms with Crippen molar-refractivity contribution >= 4 is 16.9 Å². The van der Waals surface area contributed by atoms with Crippen LogP contribution in [0, 0.1) is 6.92 Å². The molecule has 8 heteroatoms. The van der Waals surface area contributed by atoms with Crippen molar-refractivity contribution in [2.24, 2.45) is 0 Å². The van der Waals surface area contributed by atoms with Crippen LogP contribution >= 0.6 is 0 Å². The van der Waals surface area contributed by atoms with Crippen molar-refractivity contribution < 1.29 is 28.2 Å². The Balaban J connectivity index is 1.90. The average Bonchev–Trinajstić information content (AvgIpc) is 2.71. The fraction of sp³-hybridized carbons (Fsp3) is 0.524. The van der Waals surface area contributed by atoms with Gasteiger partial charge >= 0.3 is 11.6 Å². The Morgan fingerprint density at radius 1 is 1.17 bits per heavy atom. The predicted octanol–water partition coefficient (Wildman–Crippen LogP) is 2.02. The van der Waals surface area contributed by atoms with Crippen LogP contribution in [0.4, 0.5) is 0 Å². The summed E-state index contributed by atoms with van der Waals surface area (Å²) in [6.45, 7) is 4.74. The van der Waals surface area contributed by atoms with Gasteiger partial charge in [-0.05, 0) is 30.5 Å². The van der Waals surface area contributed by atoms with E-state index in [4.69, 9.17) is 23.4 Å². The number of nitrogens with zero attached hydrogens (tertiary/aromatic N) is 1. The molecule has 29 heavy (non-hydrogen) atoms. The van der Waals surface area contributed by atoms with Crippen LogP contribution in [0.2, 0.25) is 0 Å². The molecule has 8 nitrogen and oxygen atoms in total. The Hall–Kier alpha value is -2.42. The highest BCUT2D eigenvalue weighted by atomic mass is 16.6. The fourth-order valence-electron chi connectivity index (χ4n) is 3.40. The maximum absolute atomic E-state index is 12.0. The number of hydrogen-bond acceptors (Lipinski definition) is 8. The molecule has 0 saturated carbocycles. The van der Waals surface area contributed by atoms with Gasteiger partial charge in [0, 0.05) is 45.2 Å². The first kappa shape index (κ1) is 21.3. The summed E-state index contributed by atoms with van der Waals surface area (Å²) in [4.78, 5) is 26.0. The van der Waals surface area contributed by atoms with Crippen molar-refractivity contribution in [2.45, 2.75) is 26.3 Å². The number of esters is 1. The smallest absolute Gasteiger partial charge is 0.336 e. The molecule has 0 unspecified atom stereocenters. The summed E-state index contributed by atoms with van der Waals surface area (Å²) in [6.07, 6.45) is 0.703. The summed E-state index contributed by atoms with van der Waals surface area (Å²) >= 11 is 0. The number of benzene rings is 1. The van der Waals surface area contributed by atoms with Gasteiger partial charge in [0.2, 0.25) is 0 Å². The monoisotopic (exact) mass is 405 g/mol. The van der Waals surface area contributed by atoms with Gasteiger partial charge in [0.15, 0.2) is 0 Å². The number of carbonyl (C=O) groups is 1. The average molecular weight is 405 g/mol. The van der Waals surface area contributed by atoms with Crippen molar-refractivity contribution in [3.63, 3.8) is 0 Å². The number of ether oxygens (including phenoxy) is 4. The highest BCUT2D eigenvalue weighted by Crippen LogP contribution is 2.37. The third-order valence-electron chi connectivity index (χ3n) is 4.90. The highest BCUT2D eigenvalue weighted by molar-refractivity contribution is 5.86. The molecule has 0 aliphatic carbocycles. The maximum Gasteiger partial charge on any atom is 0.336 e. The summed E-state index contributed by atoms with van der Waals surface area (Å²) in [5.41, 5.74) is 2.71. The molecule has 0 atom stereocenters. The molecule has 0 amide bonds. The molecule has 1 aromatic carbocycles. The van der Waals surface area contributed by atoms with E-state index in [-0.39, 0.29) is 24.6 Å². The Bertz CT molecular complexity index is 921. The molecule has 0 radical (unpaired) electrons. The number of aryl methyl sites for hydroxylation is 2. The number of rotatable bonds is 9. The molecule has 1 aliphatic rings. The predicted molar refractivity (Wildman–Crippen MR) is 106 cm³/mol. The molecule has 158 valence electrons. The molecular formula is C21H27NO7. The molecule has 1 aromatic heterocycles. The zero-order valence-electron chi connectivity index (χ0n) is 17.1. The van der Waals surface area contributed by atoms with Gasteiger partial charge in [0.25, 0.3) is 0 Å². The molecule has 0 spiro atoms. The van der Waals surface area contributed by atoms with Crippen molar-refractivity contribution in [1.82, 2.24) is 4.90 Å². The van der Waals surface area contributed by atoms with E-state index in [1.54, 1.807) is 14.2 Å². The van der Waals surface area contributed by atoms with Gasteiger partial charge in [-0.2, -0.15) is 0 Å². The Morgan fingerprint density at radius 3 is 2.72 bits per heavy atom. The van der Waals surface area contributed by atoms with Gasteiger partial charge in [-0.1, -0.05) is 0 Å². The van der Waals surface area contributed by atoms with E-state index in [2.05, 4.69) is 4.90 Å². The second-order valence-electron chi connectivity index (χ2n) is 7.00. The second kappa shape index (κ2) is 9.87. The first-order valence-electron chi connectivity index (χ1n) is 9.61. The van der Waals surface area contributed by atoms with Gasteiger partial charge in [0.05, 0.1) is 18.8 Å². The summed E-state index contributed by atoms with van der Waals surface area (Å²) in [6, 6.07) is 3.42. The standard InChI is InChI=1S/C21H27NO7/c1-14-10-19(24)29-21-16(14)11-15(4-5-18(23)27-9-8-26-3)20-17(21)12-22(13-28-20)6-7-25-2/h10-11H,4-9,12-13H2,1-3H3. The number of carbonyl (C=O) groups excluding carboxylic acids is 1. The molecule has 2 heterocycles. The fourth-order valence-corrected chi connectivity index (χ4v) is 3.40. The summed E-state index contributed by atoms with van der Waals surface area (Å²) in [7, 11) is 3.21. The van der Waals surface area contributed by atoms with Crippen LogP contribution in [0.25, 0.3) is 11.0 Å². The van der Waals surface area contributed by atoms with Crippen molar-refractivity contribution in [3.8, 4) is 5.75 Å². The lowest BCUT2D eigenvalue weighted by Crippen LogP contribution is -2.35. The van der Waals surface area contributed by atoms with Crippen molar-refractivity contribution in [1.29, 1.82) is 0 Å². The lowest BCUT2D eigenvalue weighted by Gasteiger charge is -2.30. The van der Waals surface area contributed by atoms with Gasteiger partial charge in [-0.25, -0.2) is 4.79 Å². The molecule has 0 fully saturated rings. The lowest BCUT2D eigenvalue weighted by molar-refractivity contribution is -0.144. The quantitative estimate of drug-likeness (QED) is 0.356. The maximum atomic E-state index is 12.0. The largest absolute Gasteiger partial charge is 0.477 e. The normalized spacial score (nSPS) is 13.9. The molecule has 0 bridgehead atoms. The molecular weight excluding hydrogens is 378 g/mol. The van der Waals surface area contributed by atoms with Crippen LogP contribution in [-0.4, -0.2) is 58.2 Å². The van der Waals surface area contributed by atoms with E-state index in [1.807, 2.05) is 13.0 Å². The van der Waals surface area contributed by atoms with E-state index in [9.17, 15) is 9.59 Å². The van der Waals surface area contributed by atoms with E-state index >= 15 is 0 Å². The SMILES string of the molecule is COCCOC(=O)CCc1cc2c(C)cc(=O)oc2c2c1OCN(CCOC)C2. The molecule has 1 aliphatic heterocycles. The summed E-state index contributed by atoms with van der Waals surface area (Å²) in [5, 5.41) is 0.850. The summed E-state index contributed by atoms with van der Waals surface area (Å²) < 4.78 is 26.8. The highest BCUT2D eigenvalue weighted by Gasteiger charge is 2.25. The van der Waals surface area contributed by atoms with Crippen LogP contribution in [0.3, 0.4) is 0 Å². The molecule has 2 aromatic rings. The molecule has 0 N–H and O–H groups in total. The minimum atomic E-state index is -0.388. The lowest BCUT2D eigenvalue weighted by atomic mass is 9.97. The van der Waals surface area contributed by atoms with E-state index in [1.165, 1.54) is 6.07 Å². The first-order valence-corrected chi connectivity index (χ1v) is 9.61. The van der Waals surface area contributed by atoms with Gasteiger partial charge in [-0.3, -0.25) is 9.69 Å². The topological polar surface area (TPSA) is 87.4 Å². The molecule has 3 rings (SSSR count). The minimum Gasteiger partial charge on any atom is -0.477 e. The van der Waals surface area contributed by atoms with Crippen LogP contribution in [0.5, 0.6) is 5.75 Å². The zero-order valence-corrected chi connectivity index (χ0v) is 17.1. The van der Waals surface area contributed by atoms with Gasteiger partial charge in [-0.15, -0.1) is 0 Å². The number of methoxy groups -OCH3 is 2. The van der Waals surface area contributed by atoms with E-state index in [0.717, 1.165) is 22.1 Å². The van der Waals surface area contributed by atoms with Crippen LogP contribution in [0.1, 0.15) is 23.1 Å². The van der Waals surface area contributed by atoms with Crippen molar-refractivity contribution in [3.05, 3.63) is 39.2 Å². The van der Waals surface area contributed by atoms with E-state index < -0.39 is 0 Å².